The number of hydrazine groups is 2. The second-order valence-electron chi connectivity index (χ2n) is 1.34. The van der Waals surface area contributed by atoms with Gasteiger partial charge in [0.25, 0.3) is 0 Å². The number of hydrogen-bond acceptors (Lipinski definition) is 4. The van der Waals surface area contributed by atoms with Gasteiger partial charge in [-0.25, -0.2) is 5.43 Å². The van der Waals surface area contributed by atoms with Gasteiger partial charge in [-0.1, -0.05) is 0 Å². The van der Waals surface area contributed by atoms with E-state index in [-0.39, 0.29) is 0 Å². The van der Waals surface area contributed by atoms with Crippen LogP contribution in [-0.2, 0) is 0 Å². The Balaban J connectivity index is 2.40. The molecule has 4 heteroatoms. The maximum absolute atomic E-state index is 5.33. The molecule has 0 atom stereocenters. The monoisotopic (exact) mass is 100 g/mol. The number of rotatable bonds is 0. The van der Waals surface area contributed by atoms with Crippen LogP contribution in [0.25, 0.3) is 0 Å². The fourth-order valence-corrected chi connectivity index (χ4v) is 0.377. The minimum atomic E-state index is 0.701. The third-order valence-electron chi connectivity index (χ3n) is 0.711. The second-order valence-corrected chi connectivity index (χ2v) is 1.34. The summed E-state index contributed by atoms with van der Waals surface area (Å²) >= 11 is 0. The van der Waals surface area contributed by atoms with Gasteiger partial charge in [0.05, 0.1) is 6.54 Å². The summed E-state index contributed by atoms with van der Waals surface area (Å²) in [6, 6.07) is 0. The minimum Gasteiger partial charge on any atom is -0.400 e. The zero-order chi connectivity index (χ0) is 5.11. The molecule has 0 spiro atoms. The van der Waals surface area contributed by atoms with Gasteiger partial charge in [0.15, 0.2) is 0 Å². The molecule has 0 radical (unpaired) electrons. The van der Waals surface area contributed by atoms with Crippen molar-refractivity contribution in [2.45, 2.75) is 0 Å². The van der Waals surface area contributed by atoms with Gasteiger partial charge >= 0.3 is 0 Å². The van der Waals surface area contributed by atoms with E-state index in [0.29, 0.717) is 6.54 Å². The largest absolute Gasteiger partial charge is 0.400 e. The van der Waals surface area contributed by atoms with Crippen LogP contribution in [0, 0.1) is 0 Å². The van der Waals surface area contributed by atoms with Crippen LogP contribution in [0.1, 0.15) is 0 Å². The zero-order valence-electron chi connectivity index (χ0n) is 3.86. The standard InChI is InChI=1S/C3H8N4/c4-3-1-5-7-6-2-3/h1,5-7H,2,4H2. The summed E-state index contributed by atoms with van der Waals surface area (Å²) in [5, 5.41) is 0. The Morgan fingerprint density at radius 2 is 2.57 bits per heavy atom. The fraction of sp³-hybridized carbons (Fsp3) is 0.333. The van der Waals surface area contributed by atoms with Crippen molar-refractivity contribution in [3.8, 4) is 0 Å². The van der Waals surface area contributed by atoms with E-state index in [4.69, 9.17) is 5.73 Å². The molecule has 0 saturated carbocycles. The summed E-state index contributed by atoms with van der Waals surface area (Å²) in [4.78, 5) is 0. The van der Waals surface area contributed by atoms with E-state index in [1.54, 1.807) is 6.20 Å². The van der Waals surface area contributed by atoms with Gasteiger partial charge < -0.3 is 11.2 Å². The molecule has 4 nitrogen and oxygen atoms in total. The maximum Gasteiger partial charge on any atom is 0.0529 e. The Bertz CT molecular complexity index is 86.9. The van der Waals surface area contributed by atoms with E-state index in [9.17, 15) is 0 Å². The molecule has 1 rings (SSSR count). The van der Waals surface area contributed by atoms with Gasteiger partial charge in [-0.3, -0.25) is 0 Å². The van der Waals surface area contributed by atoms with Crippen LogP contribution in [0.4, 0.5) is 0 Å². The molecular weight excluding hydrogens is 92.1 g/mol. The Labute approximate surface area is 41.7 Å². The SMILES string of the molecule is NC1=CNNNC1. The van der Waals surface area contributed by atoms with E-state index in [1.807, 2.05) is 0 Å². The lowest BCUT2D eigenvalue weighted by molar-refractivity contribution is 0.480. The van der Waals surface area contributed by atoms with Crippen molar-refractivity contribution in [3.63, 3.8) is 0 Å². The topological polar surface area (TPSA) is 62.1 Å². The highest BCUT2D eigenvalue weighted by molar-refractivity contribution is 4.97. The molecule has 0 unspecified atom stereocenters. The van der Waals surface area contributed by atoms with Gasteiger partial charge in [0.2, 0.25) is 0 Å². The molecule has 0 aromatic heterocycles. The van der Waals surface area contributed by atoms with Crippen LogP contribution in [0.2, 0.25) is 0 Å². The summed E-state index contributed by atoms with van der Waals surface area (Å²) < 4.78 is 0. The molecule has 0 fully saturated rings. The van der Waals surface area contributed by atoms with Crippen LogP contribution in [-0.4, -0.2) is 6.54 Å². The van der Waals surface area contributed by atoms with Crippen LogP contribution in [0.5, 0.6) is 0 Å². The molecule has 0 aromatic carbocycles. The second kappa shape index (κ2) is 1.81. The highest BCUT2D eigenvalue weighted by Gasteiger charge is 1.91. The first kappa shape index (κ1) is 4.42. The molecule has 1 aliphatic rings. The van der Waals surface area contributed by atoms with Crippen molar-refractivity contribution in [3.05, 3.63) is 11.9 Å². The molecule has 40 valence electrons. The molecule has 1 aliphatic heterocycles. The third kappa shape index (κ3) is 1.06. The first-order valence-electron chi connectivity index (χ1n) is 2.07. The predicted molar refractivity (Wildman–Crippen MR) is 26.5 cm³/mol. The molecule has 0 aromatic rings. The normalized spacial score (nSPS) is 20.3. The van der Waals surface area contributed by atoms with Crippen molar-refractivity contribution in [2.75, 3.05) is 6.54 Å². The van der Waals surface area contributed by atoms with Gasteiger partial charge in [-0.05, 0) is 0 Å². The maximum atomic E-state index is 5.33. The Hall–Kier alpha value is -0.740. The number of hydrogen-bond donors (Lipinski definition) is 4. The Kier molecular flexibility index (Phi) is 1.14. The van der Waals surface area contributed by atoms with Crippen LogP contribution < -0.4 is 22.1 Å². The molecule has 0 saturated heterocycles. The quantitative estimate of drug-likeness (QED) is 0.296. The Morgan fingerprint density at radius 1 is 1.71 bits per heavy atom. The van der Waals surface area contributed by atoms with Crippen LogP contribution in [0.3, 0.4) is 0 Å². The molecule has 0 aliphatic carbocycles. The van der Waals surface area contributed by atoms with E-state index in [1.165, 1.54) is 0 Å². The minimum absolute atomic E-state index is 0.701. The zero-order valence-corrected chi connectivity index (χ0v) is 3.86. The smallest absolute Gasteiger partial charge is 0.0529 e. The third-order valence-corrected chi connectivity index (χ3v) is 0.711. The van der Waals surface area contributed by atoms with Crippen molar-refractivity contribution in [2.24, 2.45) is 5.73 Å². The first-order valence-corrected chi connectivity index (χ1v) is 2.07. The highest BCUT2D eigenvalue weighted by atomic mass is 15.6. The van der Waals surface area contributed by atoms with E-state index < -0.39 is 0 Å². The highest BCUT2D eigenvalue weighted by Crippen LogP contribution is 1.76. The average Bonchev–Trinajstić information content (AvgIpc) is 1.69. The summed E-state index contributed by atoms with van der Waals surface area (Å²) in [5.74, 6) is 0. The van der Waals surface area contributed by atoms with Gasteiger partial charge in [-0.2, -0.15) is 5.53 Å². The number of nitrogens with one attached hydrogen (secondary N) is 3. The number of nitrogens with two attached hydrogens (primary N) is 1. The van der Waals surface area contributed by atoms with E-state index in [2.05, 4.69) is 16.4 Å². The summed E-state index contributed by atoms with van der Waals surface area (Å²) in [6.07, 6.45) is 1.70. The Morgan fingerprint density at radius 3 is 2.86 bits per heavy atom. The van der Waals surface area contributed by atoms with E-state index >= 15 is 0 Å². The summed E-state index contributed by atoms with van der Waals surface area (Å²) in [6.45, 7) is 0.701. The molecular formula is C3H8N4. The van der Waals surface area contributed by atoms with Crippen molar-refractivity contribution in [1.82, 2.24) is 16.4 Å². The van der Waals surface area contributed by atoms with E-state index in [0.717, 1.165) is 5.70 Å². The van der Waals surface area contributed by atoms with Crippen molar-refractivity contribution < 1.29 is 0 Å². The van der Waals surface area contributed by atoms with Crippen LogP contribution in [0.15, 0.2) is 11.9 Å². The lowest BCUT2D eigenvalue weighted by Crippen LogP contribution is -2.46. The van der Waals surface area contributed by atoms with Gasteiger partial charge in [0, 0.05) is 11.9 Å². The molecule has 1 heterocycles. The van der Waals surface area contributed by atoms with Gasteiger partial charge in [0.1, 0.15) is 0 Å². The van der Waals surface area contributed by atoms with Crippen LogP contribution >= 0.6 is 0 Å². The molecule has 0 bridgehead atoms. The summed E-state index contributed by atoms with van der Waals surface area (Å²) in [7, 11) is 0. The molecule has 7 heavy (non-hydrogen) atoms. The lowest BCUT2D eigenvalue weighted by Gasteiger charge is -2.12. The van der Waals surface area contributed by atoms with Gasteiger partial charge in [-0.15, -0.1) is 0 Å². The molecule has 5 N–H and O–H groups in total. The average molecular weight is 100 g/mol. The van der Waals surface area contributed by atoms with Crippen molar-refractivity contribution in [1.29, 1.82) is 0 Å². The fourth-order valence-electron chi connectivity index (χ4n) is 0.377. The van der Waals surface area contributed by atoms with Crippen molar-refractivity contribution >= 4 is 0 Å². The predicted octanol–water partition coefficient (Wildman–Crippen LogP) is -1.60. The lowest BCUT2D eigenvalue weighted by atomic mass is 10.5. The first-order chi connectivity index (χ1) is 3.39. The summed E-state index contributed by atoms with van der Waals surface area (Å²) in [5.41, 5.74) is 14.3. The molecule has 0 amide bonds.